The summed E-state index contributed by atoms with van der Waals surface area (Å²) in [5.74, 6) is 0.0470. The van der Waals surface area contributed by atoms with Crippen LogP contribution in [0.2, 0.25) is 0 Å². The fourth-order valence-corrected chi connectivity index (χ4v) is 2.00. The molecule has 124 valence electrons. The zero-order valence-corrected chi connectivity index (χ0v) is 12.1. The largest absolute Gasteiger partial charge is 0.418 e. The molecule has 0 unspecified atom stereocenters. The Morgan fingerprint density at radius 1 is 1.08 bits per heavy atom. The van der Waals surface area contributed by atoms with Crippen LogP contribution in [-0.2, 0) is 11.3 Å². The quantitative estimate of drug-likeness (QED) is 0.711. The number of alkyl halides is 3. The SMILES string of the molecule is FC(F)(F)[C@@H](OCc1nc(-c2cccnn2)no1)c1ccccc1. The van der Waals surface area contributed by atoms with Crippen molar-refractivity contribution in [3.05, 3.63) is 60.1 Å². The van der Waals surface area contributed by atoms with E-state index in [1.165, 1.54) is 30.5 Å². The van der Waals surface area contributed by atoms with Gasteiger partial charge < -0.3 is 9.26 Å². The van der Waals surface area contributed by atoms with Crippen molar-refractivity contribution in [1.29, 1.82) is 0 Å². The van der Waals surface area contributed by atoms with Gasteiger partial charge in [-0.3, -0.25) is 0 Å². The lowest BCUT2D eigenvalue weighted by atomic mass is 10.1. The minimum absolute atomic E-state index is 0.00124. The van der Waals surface area contributed by atoms with Gasteiger partial charge in [-0.2, -0.15) is 23.3 Å². The molecule has 24 heavy (non-hydrogen) atoms. The van der Waals surface area contributed by atoms with Crippen LogP contribution in [0.3, 0.4) is 0 Å². The average Bonchev–Trinajstić information content (AvgIpc) is 3.05. The maximum Gasteiger partial charge on any atom is 0.418 e. The number of hydrogen-bond acceptors (Lipinski definition) is 6. The minimum atomic E-state index is -4.56. The predicted octanol–water partition coefficient (Wildman–Crippen LogP) is 3.35. The Bertz CT molecular complexity index is 778. The fraction of sp³-hybridized carbons (Fsp3) is 0.200. The summed E-state index contributed by atoms with van der Waals surface area (Å²) in [6.45, 7) is -0.480. The summed E-state index contributed by atoms with van der Waals surface area (Å²) in [7, 11) is 0. The number of aromatic nitrogens is 4. The van der Waals surface area contributed by atoms with Gasteiger partial charge in [0.05, 0.1) is 0 Å². The lowest BCUT2D eigenvalue weighted by Crippen LogP contribution is -2.23. The van der Waals surface area contributed by atoms with Gasteiger partial charge in [-0.05, 0) is 17.7 Å². The van der Waals surface area contributed by atoms with E-state index in [1.807, 2.05) is 0 Å². The van der Waals surface area contributed by atoms with Crippen LogP contribution in [0.25, 0.3) is 11.5 Å². The number of benzene rings is 1. The second-order valence-electron chi connectivity index (χ2n) is 4.76. The van der Waals surface area contributed by atoms with Gasteiger partial charge in [0.1, 0.15) is 12.3 Å². The van der Waals surface area contributed by atoms with Crippen LogP contribution >= 0.6 is 0 Å². The Hall–Kier alpha value is -2.81. The lowest BCUT2D eigenvalue weighted by molar-refractivity contribution is -0.228. The number of ether oxygens (including phenoxy) is 1. The van der Waals surface area contributed by atoms with Crippen molar-refractivity contribution in [3.63, 3.8) is 0 Å². The average molecular weight is 336 g/mol. The van der Waals surface area contributed by atoms with Crippen molar-refractivity contribution in [2.45, 2.75) is 18.9 Å². The van der Waals surface area contributed by atoms with Crippen LogP contribution in [-0.4, -0.2) is 26.5 Å². The van der Waals surface area contributed by atoms with Crippen LogP contribution in [0.5, 0.6) is 0 Å². The second kappa shape index (κ2) is 6.75. The molecule has 1 atom stereocenters. The van der Waals surface area contributed by atoms with Crippen LogP contribution < -0.4 is 0 Å². The third kappa shape index (κ3) is 3.74. The van der Waals surface area contributed by atoms with Gasteiger partial charge in [0.2, 0.25) is 5.82 Å². The van der Waals surface area contributed by atoms with E-state index in [0.29, 0.717) is 5.69 Å². The maximum absolute atomic E-state index is 13.2. The lowest BCUT2D eigenvalue weighted by Gasteiger charge is -2.20. The first kappa shape index (κ1) is 16.1. The smallest absolute Gasteiger partial charge is 0.354 e. The second-order valence-corrected chi connectivity index (χ2v) is 4.76. The van der Waals surface area contributed by atoms with Crippen molar-refractivity contribution in [2.24, 2.45) is 0 Å². The van der Waals surface area contributed by atoms with Gasteiger partial charge in [-0.1, -0.05) is 35.5 Å². The van der Waals surface area contributed by atoms with Gasteiger partial charge in [-0.25, -0.2) is 0 Å². The van der Waals surface area contributed by atoms with E-state index >= 15 is 0 Å². The topological polar surface area (TPSA) is 73.9 Å². The van der Waals surface area contributed by atoms with Gasteiger partial charge in [0, 0.05) is 6.20 Å². The van der Waals surface area contributed by atoms with Gasteiger partial charge in [0.15, 0.2) is 6.10 Å². The van der Waals surface area contributed by atoms with Crippen molar-refractivity contribution < 1.29 is 22.4 Å². The van der Waals surface area contributed by atoms with E-state index < -0.39 is 18.9 Å². The molecule has 1 aromatic carbocycles. The Morgan fingerprint density at radius 3 is 2.54 bits per heavy atom. The summed E-state index contributed by atoms with van der Waals surface area (Å²) in [6.07, 6.45) is -5.16. The van der Waals surface area contributed by atoms with Crippen molar-refractivity contribution in [1.82, 2.24) is 20.3 Å². The molecule has 0 aliphatic heterocycles. The van der Waals surface area contributed by atoms with Crippen LogP contribution in [0.4, 0.5) is 13.2 Å². The molecule has 0 N–H and O–H groups in total. The number of hydrogen-bond donors (Lipinski definition) is 0. The molecule has 2 heterocycles. The van der Waals surface area contributed by atoms with Crippen molar-refractivity contribution in [2.75, 3.05) is 0 Å². The molecule has 0 amide bonds. The number of rotatable bonds is 5. The van der Waals surface area contributed by atoms with E-state index in [9.17, 15) is 13.2 Å². The molecule has 2 aromatic heterocycles. The van der Waals surface area contributed by atoms with Gasteiger partial charge in [-0.15, -0.1) is 5.10 Å². The summed E-state index contributed by atoms with van der Waals surface area (Å²) in [4.78, 5) is 3.96. The third-order valence-corrected chi connectivity index (χ3v) is 3.04. The molecule has 0 radical (unpaired) electrons. The highest BCUT2D eigenvalue weighted by Crippen LogP contribution is 2.36. The molecule has 9 heteroatoms. The van der Waals surface area contributed by atoms with E-state index in [0.717, 1.165) is 0 Å². The van der Waals surface area contributed by atoms with Crippen LogP contribution in [0, 0.1) is 0 Å². The maximum atomic E-state index is 13.2. The standard InChI is InChI=1S/C15H11F3N4O2/c16-15(17,18)13(10-5-2-1-3-6-10)23-9-12-20-14(22-24-12)11-7-4-8-19-21-11/h1-8,13H,9H2/t13-/m0/s1. The van der Waals surface area contributed by atoms with Crippen molar-refractivity contribution >= 4 is 0 Å². The molecule has 0 saturated carbocycles. The Morgan fingerprint density at radius 2 is 1.88 bits per heavy atom. The summed E-state index contributed by atoms with van der Waals surface area (Å²) < 4.78 is 49.4. The monoisotopic (exact) mass is 336 g/mol. The molecule has 0 aliphatic carbocycles. The van der Waals surface area contributed by atoms with Crippen LogP contribution in [0.1, 0.15) is 17.6 Å². The fourth-order valence-electron chi connectivity index (χ4n) is 2.00. The first-order valence-corrected chi connectivity index (χ1v) is 6.88. The first-order chi connectivity index (χ1) is 11.5. The summed E-state index contributed by atoms with van der Waals surface area (Å²) >= 11 is 0. The van der Waals surface area contributed by atoms with Crippen LogP contribution in [0.15, 0.2) is 53.2 Å². The molecule has 0 aliphatic rings. The molecule has 0 spiro atoms. The summed E-state index contributed by atoms with van der Waals surface area (Å²) in [6, 6.07) is 10.6. The van der Waals surface area contributed by atoms with E-state index in [-0.39, 0.29) is 17.3 Å². The van der Waals surface area contributed by atoms with E-state index in [2.05, 4.69) is 20.3 Å². The minimum Gasteiger partial charge on any atom is -0.354 e. The Labute approximate surface area is 134 Å². The summed E-state index contributed by atoms with van der Waals surface area (Å²) in [5.41, 5.74) is 0.349. The highest BCUT2D eigenvalue weighted by molar-refractivity contribution is 5.46. The molecule has 0 saturated heterocycles. The summed E-state index contributed by atoms with van der Waals surface area (Å²) in [5, 5.41) is 11.1. The highest BCUT2D eigenvalue weighted by atomic mass is 19.4. The number of halogens is 3. The molecule has 3 aromatic rings. The predicted molar refractivity (Wildman–Crippen MR) is 75.4 cm³/mol. The van der Waals surface area contributed by atoms with Crippen molar-refractivity contribution in [3.8, 4) is 11.5 Å². The Balaban J connectivity index is 1.73. The Kier molecular flexibility index (Phi) is 4.52. The molecular weight excluding hydrogens is 325 g/mol. The first-order valence-electron chi connectivity index (χ1n) is 6.88. The zero-order chi connectivity index (χ0) is 17.0. The normalized spacial score (nSPS) is 13.0. The molecular formula is C15H11F3N4O2. The van der Waals surface area contributed by atoms with Gasteiger partial charge >= 0.3 is 6.18 Å². The van der Waals surface area contributed by atoms with E-state index in [4.69, 9.17) is 9.26 Å². The van der Waals surface area contributed by atoms with E-state index in [1.54, 1.807) is 18.2 Å². The zero-order valence-electron chi connectivity index (χ0n) is 12.1. The number of nitrogens with zero attached hydrogens (tertiary/aromatic N) is 4. The third-order valence-electron chi connectivity index (χ3n) is 3.04. The molecule has 3 rings (SSSR count). The highest BCUT2D eigenvalue weighted by Gasteiger charge is 2.42. The molecule has 6 nitrogen and oxygen atoms in total. The van der Waals surface area contributed by atoms with Gasteiger partial charge in [0.25, 0.3) is 5.89 Å². The molecule has 0 fully saturated rings. The molecule has 0 bridgehead atoms.